The summed E-state index contributed by atoms with van der Waals surface area (Å²) in [5.41, 5.74) is 2.39. The molecule has 0 saturated heterocycles. The largest absolute Gasteiger partial charge is 0.446 e. The minimum Gasteiger partial charge on any atom is -0.446 e. The smallest absolute Gasteiger partial charge is 0.407 e. The predicted molar refractivity (Wildman–Crippen MR) is 276 cm³/mol. The van der Waals surface area contributed by atoms with Crippen LogP contribution in [0.4, 0.5) is 4.79 Å². The number of unbranched alkanes of at least 4 members (excludes halogenated alkanes) is 8. The van der Waals surface area contributed by atoms with Gasteiger partial charge in [0.1, 0.15) is 11.9 Å². The minimum absolute atomic E-state index is 0.00279. The summed E-state index contributed by atoms with van der Waals surface area (Å²) in [4.78, 5) is 24.4. The van der Waals surface area contributed by atoms with Gasteiger partial charge in [-0.1, -0.05) is 131 Å². The number of fused-ring (bicyclic) bond motifs is 5. The summed E-state index contributed by atoms with van der Waals surface area (Å²) in [6, 6.07) is 0. The standard InChI is InChI=1S/C38H67NO5.C20H40O3/c1-7-21-41-23-25-43-26-24-42-22-9-20-39-36(40)44-31-16-18-37(5)30(27-31)12-13-32-34-15-14-33(29(4)11-8-10-28(2)3)38(34,6)19-17-35(32)37;1-3-5-6-7-8-9-10-11-14-20(22)15-12-13-16-23-18-19(4-2)17-21/h12,28-29,31-35H,7-11,13-27H2,1-6H3,(H,39,40);19,21H,3-18H2,1-2H3/t29-,31+,32?,33?,34?,35?,37+,38-;/m0./s1. The van der Waals surface area contributed by atoms with Gasteiger partial charge in [0.2, 0.25) is 0 Å². The molecule has 0 radical (unpaired) electrons. The lowest BCUT2D eigenvalue weighted by Gasteiger charge is -2.58. The molecule has 0 aromatic heterocycles. The summed E-state index contributed by atoms with van der Waals surface area (Å²) >= 11 is 0. The fourth-order valence-corrected chi connectivity index (χ4v) is 12.7. The molecule has 5 unspecified atom stereocenters. The fraction of sp³-hybridized carbons (Fsp3) is 0.931. The topological polar surface area (TPSA) is 113 Å². The molecule has 9 atom stereocenters. The molecule has 67 heavy (non-hydrogen) atoms. The molecular formula is C58H107NO8. The molecule has 3 saturated carbocycles. The first kappa shape index (κ1) is 59.8. The van der Waals surface area contributed by atoms with E-state index in [1.165, 1.54) is 96.3 Å². The number of aliphatic hydroxyl groups is 1. The Labute approximate surface area is 412 Å². The van der Waals surface area contributed by atoms with E-state index >= 15 is 0 Å². The normalized spacial score (nSPS) is 26.4. The SMILES string of the molecule is CCCCCCCCCCC(=O)CCCCOCC(CC)CO.CCCOCCOCCOCCCNC(=O)O[C@@H]1CC[C@]2(C)C(=CCC3C4CCC([C@@H](C)CCCC(C)C)[C@]4(C)CCC32)C1. The Kier molecular flexibility index (Phi) is 31.0. The van der Waals surface area contributed by atoms with Gasteiger partial charge in [-0.3, -0.25) is 4.79 Å². The molecule has 0 aliphatic heterocycles. The van der Waals surface area contributed by atoms with Crippen LogP contribution in [0.2, 0.25) is 0 Å². The van der Waals surface area contributed by atoms with Gasteiger partial charge in [-0.15, -0.1) is 0 Å². The van der Waals surface area contributed by atoms with Gasteiger partial charge >= 0.3 is 6.09 Å². The van der Waals surface area contributed by atoms with Crippen molar-refractivity contribution in [1.29, 1.82) is 0 Å². The Hall–Kier alpha value is -1.52. The lowest BCUT2D eigenvalue weighted by Crippen LogP contribution is -2.51. The Morgan fingerprint density at radius 3 is 2.03 bits per heavy atom. The van der Waals surface area contributed by atoms with Crippen molar-refractivity contribution in [2.75, 3.05) is 66.0 Å². The van der Waals surface area contributed by atoms with Crippen molar-refractivity contribution in [2.45, 2.75) is 228 Å². The first-order chi connectivity index (χ1) is 32.4. The molecule has 9 heteroatoms. The predicted octanol–water partition coefficient (Wildman–Crippen LogP) is 14.3. The molecule has 3 fully saturated rings. The summed E-state index contributed by atoms with van der Waals surface area (Å²) < 4.78 is 28.0. The average molecular weight is 946 g/mol. The number of hydrogen-bond acceptors (Lipinski definition) is 8. The van der Waals surface area contributed by atoms with Crippen molar-refractivity contribution in [1.82, 2.24) is 5.32 Å². The lowest BCUT2D eigenvalue weighted by molar-refractivity contribution is -0.119. The number of nitrogens with one attached hydrogen (secondary N) is 1. The van der Waals surface area contributed by atoms with Crippen molar-refractivity contribution in [3.63, 3.8) is 0 Å². The van der Waals surface area contributed by atoms with Crippen molar-refractivity contribution >= 4 is 11.9 Å². The number of carbonyl (C=O) groups is 2. The molecule has 0 aromatic rings. The first-order valence-corrected chi connectivity index (χ1v) is 28.5. The van der Waals surface area contributed by atoms with Gasteiger partial charge in [0.05, 0.1) is 33.0 Å². The number of Topliss-reactive ketones (excluding diaryl/α,β-unsaturated/α-hetero) is 1. The molecule has 1 amide bonds. The van der Waals surface area contributed by atoms with Gasteiger partial charge in [-0.05, 0) is 130 Å². The zero-order valence-electron chi connectivity index (χ0n) is 45.0. The van der Waals surface area contributed by atoms with Gasteiger partial charge in [-0.25, -0.2) is 4.79 Å². The zero-order valence-corrected chi connectivity index (χ0v) is 45.0. The summed E-state index contributed by atoms with van der Waals surface area (Å²) in [6.45, 7) is 24.8. The van der Waals surface area contributed by atoms with Gasteiger partial charge in [0, 0.05) is 58.2 Å². The van der Waals surface area contributed by atoms with E-state index in [0.29, 0.717) is 70.4 Å². The first-order valence-electron chi connectivity index (χ1n) is 28.5. The number of alkyl carbamates (subject to hydrolysis) is 1. The van der Waals surface area contributed by atoms with Crippen LogP contribution in [0.5, 0.6) is 0 Å². The molecule has 392 valence electrons. The monoisotopic (exact) mass is 946 g/mol. The Bertz CT molecular complexity index is 1320. The zero-order chi connectivity index (χ0) is 48.8. The second-order valence-corrected chi connectivity index (χ2v) is 22.4. The van der Waals surface area contributed by atoms with Crippen LogP contribution in [0.15, 0.2) is 11.6 Å². The average Bonchev–Trinajstić information content (AvgIpc) is 3.67. The number of carbonyl (C=O) groups excluding carboxylic acids is 2. The van der Waals surface area contributed by atoms with Crippen molar-refractivity contribution in [2.24, 2.45) is 52.3 Å². The van der Waals surface area contributed by atoms with E-state index in [2.05, 4.69) is 66.8 Å². The number of aliphatic hydroxyl groups excluding tert-OH is 1. The number of ketones is 1. The highest BCUT2D eigenvalue weighted by Gasteiger charge is 2.59. The van der Waals surface area contributed by atoms with E-state index in [1.807, 2.05) is 0 Å². The van der Waals surface area contributed by atoms with E-state index in [1.54, 1.807) is 5.57 Å². The van der Waals surface area contributed by atoms with E-state index in [4.69, 9.17) is 28.8 Å². The third-order valence-corrected chi connectivity index (χ3v) is 16.9. The highest BCUT2D eigenvalue weighted by molar-refractivity contribution is 5.78. The highest BCUT2D eigenvalue weighted by Crippen LogP contribution is 2.67. The molecule has 0 heterocycles. The highest BCUT2D eigenvalue weighted by atomic mass is 16.6. The molecule has 0 bridgehead atoms. The van der Waals surface area contributed by atoms with Crippen molar-refractivity contribution in [3.05, 3.63) is 11.6 Å². The maximum absolute atomic E-state index is 12.6. The van der Waals surface area contributed by atoms with Gasteiger partial charge in [0.15, 0.2) is 0 Å². The van der Waals surface area contributed by atoms with Crippen LogP contribution in [0.3, 0.4) is 0 Å². The Balaban J connectivity index is 0.000000439. The quantitative estimate of drug-likeness (QED) is 0.0472. The van der Waals surface area contributed by atoms with Crippen LogP contribution < -0.4 is 5.32 Å². The number of ether oxygens (including phenoxy) is 5. The van der Waals surface area contributed by atoms with Crippen LogP contribution in [-0.2, 0) is 28.5 Å². The number of amides is 1. The Morgan fingerprint density at radius 2 is 1.36 bits per heavy atom. The number of allylic oxidation sites excluding steroid dienone is 1. The second kappa shape index (κ2) is 34.7. The van der Waals surface area contributed by atoms with E-state index in [9.17, 15) is 9.59 Å². The van der Waals surface area contributed by atoms with Crippen molar-refractivity contribution < 1.29 is 38.4 Å². The third-order valence-electron chi connectivity index (χ3n) is 16.9. The number of hydrogen-bond donors (Lipinski definition) is 2. The van der Waals surface area contributed by atoms with Crippen LogP contribution in [-0.4, -0.2) is 89.1 Å². The molecule has 4 aliphatic rings. The van der Waals surface area contributed by atoms with Gasteiger partial charge in [0.25, 0.3) is 0 Å². The van der Waals surface area contributed by atoms with E-state index in [0.717, 1.165) is 106 Å². The van der Waals surface area contributed by atoms with E-state index < -0.39 is 0 Å². The van der Waals surface area contributed by atoms with Crippen molar-refractivity contribution in [3.8, 4) is 0 Å². The Morgan fingerprint density at radius 1 is 0.701 bits per heavy atom. The molecule has 0 spiro atoms. The molecule has 4 aliphatic carbocycles. The summed E-state index contributed by atoms with van der Waals surface area (Å²) in [7, 11) is 0. The van der Waals surface area contributed by atoms with E-state index in [-0.39, 0.29) is 30.1 Å². The number of rotatable bonds is 36. The third kappa shape index (κ3) is 21.8. The lowest BCUT2D eigenvalue weighted by atomic mass is 9.47. The molecule has 0 aromatic carbocycles. The summed E-state index contributed by atoms with van der Waals surface area (Å²) in [6.07, 6.45) is 32.9. The second-order valence-electron chi connectivity index (χ2n) is 22.4. The maximum Gasteiger partial charge on any atom is 0.407 e. The maximum atomic E-state index is 12.6. The van der Waals surface area contributed by atoms with Gasteiger partial charge < -0.3 is 34.1 Å². The minimum atomic E-state index is -0.281. The summed E-state index contributed by atoms with van der Waals surface area (Å²) in [5.74, 6) is 5.78. The molecular weight excluding hydrogens is 839 g/mol. The van der Waals surface area contributed by atoms with Crippen LogP contribution in [0, 0.1) is 52.3 Å². The fourth-order valence-electron chi connectivity index (χ4n) is 12.7. The van der Waals surface area contributed by atoms with Crippen LogP contribution in [0.25, 0.3) is 0 Å². The summed E-state index contributed by atoms with van der Waals surface area (Å²) in [5, 5.41) is 12.0. The van der Waals surface area contributed by atoms with Crippen LogP contribution >= 0.6 is 0 Å². The molecule has 2 N–H and O–H groups in total. The molecule has 9 nitrogen and oxygen atoms in total. The molecule has 4 rings (SSSR count). The van der Waals surface area contributed by atoms with Gasteiger partial charge in [-0.2, -0.15) is 0 Å². The van der Waals surface area contributed by atoms with Crippen LogP contribution in [0.1, 0.15) is 222 Å².